The Morgan fingerprint density at radius 3 is 2.72 bits per heavy atom. The van der Waals surface area contributed by atoms with Gasteiger partial charge in [-0.2, -0.15) is 0 Å². The Hall–Kier alpha value is -2.59. The minimum atomic E-state index is 0.580. The molecule has 128 valence electrons. The second-order valence-electron chi connectivity index (χ2n) is 5.89. The largest absolute Gasteiger partial charge is 0.486 e. The average Bonchev–Trinajstić information content (AvgIpc) is 3.11. The van der Waals surface area contributed by atoms with Gasteiger partial charge in [-0.25, -0.2) is 0 Å². The number of hydrogen-bond acceptors (Lipinski definition) is 4. The zero-order valence-corrected chi connectivity index (χ0v) is 14.6. The molecule has 0 radical (unpaired) electrons. The van der Waals surface area contributed by atoms with Gasteiger partial charge in [-0.05, 0) is 42.8 Å². The molecule has 0 saturated heterocycles. The van der Waals surface area contributed by atoms with Crippen LogP contribution in [0.2, 0.25) is 5.02 Å². The van der Waals surface area contributed by atoms with Gasteiger partial charge in [-0.15, -0.1) is 0 Å². The van der Waals surface area contributed by atoms with Gasteiger partial charge < -0.3 is 19.2 Å². The second-order valence-corrected chi connectivity index (χ2v) is 6.30. The maximum atomic E-state index is 6.19. The highest BCUT2D eigenvalue weighted by molar-refractivity contribution is 6.31. The first-order valence-corrected chi connectivity index (χ1v) is 8.56. The number of benzene rings is 2. The van der Waals surface area contributed by atoms with Crippen molar-refractivity contribution in [3.05, 3.63) is 64.9 Å². The third kappa shape index (κ3) is 3.30. The number of rotatable bonds is 4. The molecule has 0 spiro atoms. The van der Waals surface area contributed by atoms with Crippen LogP contribution >= 0.6 is 11.6 Å². The molecule has 1 aliphatic rings. The lowest BCUT2D eigenvalue weighted by atomic mass is 10.1. The number of nitrogens with one attached hydrogen (secondary N) is 1. The van der Waals surface area contributed by atoms with Gasteiger partial charge in [0.05, 0.1) is 6.54 Å². The molecule has 0 aliphatic carbocycles. The van der Waals surface area contributed by atoms with E-state index in [1.807, 2.05) is 55.5 Å². The van der Waals surface area contributed by atoms with E-state index in [4.69, 9.17) is 25.5 Å². The second kappa shape index (κ2) is 6.73. The normalized spacial score (nSPS) is 12.9. The van der Waals surface area contributed by atoms with Crippen LogP contribution in [0.3, 0.4) is 0 Å². The lowest BCUT2D eigenvalue weighted by Crippen LogP contribution is -2.15. The van der Waals surface area contributed by atoms with Crippen LogP contribution in [-0.4, -0.2) is 13.2 Å². The van der Waals surface area contributed by atoms with E-state index in [-0.39, 0.29) is 0 Å². The highest BCUT2D eigenvalue weighted by Gasteiger charge is 2.12. The fourth-order valence-corrected chi connectivity index (χ4v) is 3.01. The van der Waals surface area contributed by atoms with Crippen molar-refractivity contribution in [1.82, 2.24) is 0 Å². The van der Waals surface area contributed by atoms with E-state index in [0.29, 0.717) is 19.8 Å². The van der Waals surface area contributed by atoms with E-state index in [1.165, 1.54) is 0 Å². The summed E-state index contributed by atoms with van der Waals surface area (Å²) in [6.45, 7) is 3.75. The minimum Gasteiger partial charge on any atom is -0.486 e. The van der Waals surface area contributed by atoms with Gasteiger partial charge in [-0.1, -0.05) is 23.7 Å². The van der Waals surface area contributed by atoms with E-state index in [2.05, 4.69) is 5.32 Å². The molecule has 2 heterocycles. The Kier molecular flexibility index (Phi) is 4.28. The van der Waals surface area contributed by atoms with Crippen LogP contribution in [0.5, 0.6) is 11.5 Å². The molecule has 5 heteroatoms. The number of anilines is 1. The summed E-state index contributed by atoms with van der Waals surface area (Å²) in [5, 5.41) is 4.09. The van der Waals surface area contributed by atoms with Crippen molar-refractivity contribution >= 4 is 17.3 Å². The standard InChI is InChI=1S/C20H18ClNO3/c1-13-16(3-2-4-17(13)21)18-8-6-15(25-18)12-22-14-5-7-19-20(11-14)24-10-9-23-19/h2-8,11,22H,9-10,12H2,1H3. The molecular weight excluding hydrogens is 338 g/mol. The molecule has 4 rings (SSSR count). The molecule has 4 nitrogen and oxygen atoms in total. The number of ether oxygens (including phenoxy) is 2. The highest BCUT2D eigenvalue weighted by atomic mass is 35.5. The summed E-state index contributed by atoms with van der Waals surface area (Å²) in [4.78, 5) is 0. The van der Waals surface area contributed by atoms with Crippen molar-refractivity contribution in [2.24, 2.45) is 0 Å². The van der Waals surface area contributed by atoms with Gasteiger partial charge in [0.15, 0.2) is 11.5 Å². The third-order valence-corrected chi connectivity index (χ3v) is 4.61. The topological polar surface area (TPSA) is 43.6 Å². The molecule has 25 heavy (non-hydrogen) atoms. The predicted octanol–water partition coefficient (Wildman–Crippen LogP) is 5.29. The van der Waals surface area contributed by atoms with Crippen molar-refractivity contribution < 1.29 is 13.9 Å². The van der Waals surface area contributed by atoms with Crippen LogP contribution in [0.4, 0.5) is 5.69 Å². The van der Waals surface area contributed by atoms with Gasteiger partial charge in [0, 0.05) is 22.3 Å². The van der Waals surface area contributed by atoms with Crippen LogP contribution in [-0.2, 0) is 6.54 Å². The maximum Gasteiger partial charge on any atom is 0.163 e. The number of halogens is 1. The first-order chi connectivity index (χ1) is 12.2. The molecule has 1 aliphatic heterocycles. The van der Waals surface area contributed by atoms with Gasteiger partial charge in [0.1, 0.15) is 24.7 Å². The molecule has 0 fully saturated rings. The first-order valence-electron chi connectivity index (χ1n) is 8.18. The van der Waals surface area contributed by atoms with E-state index >= 15 is 0 Å². The monoisotopic (exact) mass is 355 g/mol. The van der Waals surface area contributed by atoms with Gasteiger partial charge >= 0.3 is 0 Å². The Balaban J connectivity index is 1.47. The van der Waals surface area contributed by atoms with Crippen molar-refractivity contribution in [2.45, 2.75) is 13.5 Å². The van der Waals surface area contributed by atoms with Gasteiger partial charge in [0.2, 0.25) is 0 Å². The highest BCUT2D eigenvalue weighted by Crippen LogP contribution is 2.33. The first kappa shape index (κ1) is 15.9. The van der Waals surface area contributed by atoms with E-state index in [9.17, 15) is 0 Å². The lowest BCUT2D eigenvalue weighted by Gasteiger charge is -2.19. The Morgan fingerprint density at radius 2 is 1.84 bits per heavy atom. The van der Waals surface area contributed by atoms with Crippen LogP contribution in [0.15, 0.2) is 52.9 Å². The fourth-order valence-electron chi connectivity index (χ4n) is 2.83. The van der Waals surface area contributed by atoms with Crippen molar-refractivity contribution in [1.29, 1.82) is 0 Å². The average molecular weight is 356 g/mol. The molecule has 1 aromatic heterocycles. The lowest BCUT2D eigenvalue weighted by molar-refractivity contribution is 0.171. The number of hydrogen-bond donors (Lipinski definition) is 1. The van der Waals surface area contributed by atoms with Crippen LogP contribution in [0.25, 0.3) is 11.3 Å². The van der Waals surface area contributed by atoms with Crippen molar-refractivity contribution in [3.63, 3.8) is 0 Å². The zero-order chi connectivity index (χ0) is 17.2. The molecule has 0 unspecified atom stereocenters. The summed E-state index contributed by atoms with van der Waals surface area (Å²) in [5.41, 5.74) is 2.99. The molecule has 3 aromatic rings. The smallest absolute Gasteiger partial charge is 0.163 e. The van der Waals surface area contributed by atoms with E-state index in [0.717, 1.165) is 44.9 Å². The van der Waals surface area contributed by atoms with Crippen LogP contribution in [0.1, 0.15) is 11.3 Å². The molecule has 0 amide bonds. The quantitative estimate of drug-likeness (QED) is 0.690. The molecular formula is C20H18ClNO3. The third-order valence-electron chi connectivity index (χ3n) is 4.20. The Labute approximate surface area is 151 Å². The van der Waals surface area contributed by atoms with E-state index < -0.39 is 0 Å². The molecule has 0 atom stereocenters. The molecule has 0 saturated carbocycles. The van der Waals surface area contributed by atoms with E-state index in [1.54, 1.807) is 0 Å². The van der Waals surface area contributed by atoms with Gasteiger partial charge in [0.25, 0.3) is 0 Å². The molecule has 0 bridgehead atoms. The van der Waals surface area contributed by atoms with Gasteiger partial charge in [-0.3, -0.25) is 0 Å². The Morgan fingerprint density at radius 1 is 1.00 bits per heavy atom. The predicted molar refractivity (Wildman–Crippen MR) is 98.6 cm³/mol. The summed E-state index contributed by atoms with van der Waals surface area (Å²) in [5.74, 6) is 3.22. The summed E-state index contributed by atoms with van der Waals surface area (Å²) < 4.78 is 17.1. The molecule has 1 N–H and O–H groups in total. The summed E-state index contributed by atoms with van der Waals surface area (Å²) >= 11 is 6.19. The summed E-state index contributed by atoms with van der Waals surface area (Å²) in [6.07, 6.45) is 0. The SMILES string of the molecule is Cc1c(Cl)cccc1-c1ccc(CNc2ccc3c(c2)OCCO3)o1. The van der Waals surface area contributed by atoms with Crippen LogP contribution in [0, 0.1) is 6.92 Å². The maximum absolute atomic E-state index is 6.19. The fraction of sp³-hybridized carbons (Fsp3) is 0.200. The summed E-state index contributed by atoms with van der Waals surface area (Å²) in [7, 11) is 0. The zero-order valence-electron chi connectivity index (χ0n) is 13.8. The minimum absolute atomic E-state index is 0.580. The van der Waals surface area contributed by atoms with Crippen molar-refractivity contribution in [3.8, 4) is 22.8 Å². The Bertz CT molecular complexity index is 904. The van der Waals surface area contributed by atoms with Crippen LogP contribution < -0.4 is 14.8 Å². The number of fused-ring (bicyclic) bond motifs is 1. The number of furan rings is 1. The molecule has 2 aromatic carbocycles. The van der Waals surface area contributed by atoms with Crippen molar-refractivity contribution in [2.75, 3.05) is 18.5 Å². The summed E-state index contributed by atoms with van der Waals surface area (Å²) in [6, 6.07) is 15.6.